The largest absolute Gasteiger partial charge is 0.330 e. The second-order valence-electron chi connectivity index (χ2n) is 9.93. The summed E-state index contributed by atoms with van der Waals surface area (Å²) in [7, 11) is 0. The van der Waals surface area contributed by atoms with Crippen LogP contribution in [-0.2, 0) is 11.8 Å². The molecule has 5 rings (SSSR count). The number of urea groups is 1. The first kappa shape index (κ1) is 23.5. The second kappa shape index (κ2) is 9.44. The molecular weight excluding hydrogens is 458 g/mol. The molecule has 0 aliphatic carbocycles. The van der Waals surface area contributed by atoms with Crippen LogP contribution in [0.2, 0.25) is 5.02 Å². The smallest absolute Gasteiger partial charge is 0.321 e. The van der Waals surface area contributed by atoms with Crippen molar-refractivity contribution in [2.45, 2.75) is 38.5 Å². The van der Waals surface area contributed by atoms with E-state index in [1.54, 1.807) is 0 Å². The zero-order chi connectivity index (χ0) is 24.6. The number of pyridine rings is 1. The van der Waals surface area contributed by atoms with Crippen LogP contribution in [0.5, 0.6) is 0 Å². The van der Waals surface area contributed by atoms with E-state index in [1.807, 2.05) is 29.3 Å². The number of nitrogens with zero attached hydrogens (tertiary/aromatic N) is 3. The van der Waals surface area contributed by atoms with Gasteiger partial charge in [0.2, 0.25) is 0 Å². The molecule has 1 aromatic heterocycles. The molecule has 1 saturated heterocycles. The Bertz CT molecular complexity index is 1290. The fraction of sp³-hybridized carbons (Fsp3) is 0.321. The van der Waals surface area contributed by atoms with Gasteiger partial charge in [-0.3, -0.25) is 0 Å². The van der Waals surface area contributed by atoms with Gasteiger partial charge in [-0.1, -0.05) is 49.7 Å². The van der Waals surface area contributed by atoms with E-state index in [0.717, 1.165) is 53.9 Å². The minimum absolute atomic E-state index is 0.0563. The van der Waals surface area contributed by atoms with Gasteiger partial charge >= 0.3 is 6.03 Å². The lowest BCUT2D eigenvalue weighted by Gasteiger charge is -2.23. The molecule has 3 aromatic rings. The minimum atomic E-state index is -0.0698. The lowest BCUT2D eigenvalue weighted by Crippen LogP contribution is -2.32. The van der Waals surface area contributed by atoms with E-state index in [2.05, 4.69) is 54.5 Å². The average Bonchev–Trinajstić information content (AvgIpc) is 3.55. The predicted octanol–water partition coefficient (Wildman–Crippen LogP) is 5.94. The maximum atomic E-state index is 12.5. The number of hydrogen-bond donors (Lipinski definition) is 2. The van der Waals surface area contributed by atoms with Gasteiger partial charge in [-0.05, 0) is 48.2 Å². The Morgan fingerprint density at radius 2 is 1.83 bits per heavy atom. The Morgan fingerprint density at radius 3 is 2.54 bits per heavy atom. The van der Waals surface area contributed by atoms with Crippen LogP contribution in [0.1, 0.15) is 43.4 Å². The Balaban J connectivity index is 1.34. The van der Waals surface area contributed by atoms with Crippen LogP contribution >= 0.6 is 11.6 Å². The van der Waals surface area contributed by atoms with E-state index in [4.69, 9.17) is 22.3 Å². The van der Waals surface area contributed by atoms with E-state index in [0.29, 0.717) is 29.5 Å². The molecule has 6 nitrogen and oxygen atoms in total. The van der Waals surface area contributed by atoms with Crippen molar-refractivity contribution in [1.29, 1.82) is 0 Å². The van der Waals surface area contributed by atoms with Crippen molar-refractivity contribution in [2.75, 3.05) is 25.0 Å². The first-order chi connectivity index (χ1) is 16.8. The number of likely N-dealkylation sites (tertiary alicyclic amines) is 1. The van der Waals surface area contributed by atoms with Crippen molar-refractivity contribution in [2.24, 2.45) is 10.7 Å². The first-order valence-corrected chi connectivity index (χ1v) is 12.5. The number of halogens is 1. The number of nitrogens with one attached hydrogen (secondary N) is 1. The molecule has 0 atom stereocenters. The molecule has 2 aliphatic heterocycles. The van der Waals surface area contributed by atoms with Gasteiger partial charge in [0.15, 0.2) is 5.82 Å². The van der Waals surface area contributed by atoms with Crippen molar-refractivity contribution in [3.63, 3.8) is 0 Å². The number of aliphatic imine (C=N–C) groups is 1. The van der Waals surface area contributed by atoms with E-state index >= 15 is 0 Å². The molecule has 35 heavy (non-hydrogen) atoms. The number of aromatic nitrogens is 1. The van der Waals surface area contributed by atoms with Crippen LogP contribution in [-0.4, -0.2) is 41.3 Å². The first-order valence-electron chi connectivity index (χ1n) is 12.1. The van der Waals surface area contributed by atoms with Crippen LogP contribution in [0.25, 0.3) is 11.1 Å². The molecule has 0 unspecified atom stereocenters. The minimum Gasteiger partial charge on any atom is -0.330 e. The van der Waals surface area contributed by atoms with Crippen molar-refractivity contribution in [3.8, 4) is 11.1 Å². The number of carbonyl (C=O) groups excluding carboxylic acids is 1. The van der Waals surface area contributed by atoms with E-state index < -0.39 is 0 Å². The van der Waals surface area contributed by atoms with E-state index in [-0.39, 0.29) is 11.4 Å². The number of nitrogens with two attached hydrogens (primary N) is 1. The summed E-state index contributed by atoms with van der Waals surface area (Å²) in [6.45, 7) is 6.50. The molecule has 1 fully saturated rings. The molecule has 7 heteroatoms. The maximum absolute atomic E-state index is 12.5. The Kier molecular flexibility index (Phi) is 6.34. The highest BCUT2D eigenvalue weighted by molar-refractivity contribution is 6.34. The highest BCUT2D eigenvalue weighted by Gasteiger charge is 2.23. The van der Waals surface area contributed by atoms with Crippen LogP contribution in [0.15, 0.2) is 59.7 Å². The van der Waals surface area contributed by atoms with Crippen LogP contribution in [0.4, 0.5) is 16.3 Å². The average molecular weight is 488 g/mol. The fourth-order valence-corrected chi connectivity index (χ4v) is 4.80. The summed E-state index contributed by atoms with van der Waals surface area (Å²) in [4.78, 5) is 23.7. The summed E-state index contributed by atoms with van der Waals surface area (Å²) in [6.07, 6.45) is 4.61. The second-order valence-corrected chi connectivity index (χ2v) is 10.3. The molecule has 3 N–H and O–H groups in total. The Hall–Kier alpha value is -3.22. The molecule has 180 valence electrons. The lowest BCUT2D eigenvalue weighted by molar-refractivity contribution is 0.222. The predicted molar refractivity (Wildman–Crippen MR) is 143 cm³/mol. The van der Waals surface area contributed by atoms with E-state index in [9.17, 15) is 4.79 Å². The third-order valence-corrected chi connectivity index (χ3v) is 7.30. The number of rotatable bonds is 5. The van der Waals surface area contributed by atoms with Crippen molar-refractivity contribution < 1.29 is 4.79 Å². The summed E-state index contributed by atoms with van der Waals surface area (Å²) in [6, 6.07) is 16.1. The molecule has 0 bridgehead atoms. The van der Waals surface area contributed by atoms with E-state index in [1.165, 1.54) is 5.56 Å². The quantitative estimate of drug-likeness (QED) is 0.467. The zero-order valence-electron chi connectivity index (χ0n) is 20.1. The van der Waals surface area contributed by atoms with Gasteiger partial charge in [0.05, 0.1) is 5.71 Å². The van der Waals surface area contributed by atoms with Crippen LogP contribution < -0.4 is 11.1 Å². The topological polar surface area (TPSA) is 83.6 Å². The highest BCUT2D eigenvalue weighted by Crippen LogP contribution is 2.34. The maximum Gasteiger partial charge on any atom is 0.321 e. The molecule has 2 amide bonds. The third kappa shape index (κ3) is 4.81. The van der Waals surface area contributed by atoms with Gasteiger partial charge < -0.3 is 16.0 Å². The van der Waals surface area contributed by atoms with Gasteiger partial charge in [-0.25, -0.2) is 14.8 Å². The standard InChI is InChI=1S/C28H30ClN5O/c1-28(2,17-30)21-7-5-18(6-8-21)20-13-19-14-25(33-26(19)31-16-20)23-15-22(9-10-24(23)29)32-27(35)34-11-3-4-12-34/h5-10,13,15-16H,3-4,11-12,14,17,30H2,1-2H3,(H,32,35). The van der Waals surface area contributed by atoms with Gasteiger partial charge in [0.25, 0.3) is 0 Å². The molecular formula is C28H30ClN5O. The molecule has 2 aliphatic rings. The number of anilines is 1. The zero-order valence-corrected chi connectivity index (χ0v) is 20.9. The summed E-state index contributed by atoms with van der Waals surface area (Å²) < 4.78 is 0. The molecule has 0 radical (unpaired) electrons. The fourth-order valence-electron chi connectivity index (χ4n) is 4.57. The summed E-state index contributed by atoms with van der Waals surface area (Å²) in [5.74, 6) is 0.715. The van der Waals surface area contributed by atoms with Crippen LogP contribution in [0.3, 0.4) is 0 Å². The SMILES string of the molecule is CC(C)(CN)c1ccc(-c2cnc3c(c2)CC(c2cc(NC(=O)N4CCCC4)ccc2Cl)=N3)cc1. The van der Waals surface area contributed by atoms with Crippen molar-refractivity contribution >= 4 is 34.8 Å². The van der Waals surface area contributed by atoms with Crippen molar-refractivity contribution in [1.82, 2.24) is 9.88 Å². The van der Waals surface area contributed by atoms with Crippen molar-refractivity contribution in [3.05, 3.63) is 76.4 Å². The summed E-state index contributed by atoms with van der Waals surface area (Å²) >= 11 is 6.54. The monoisotopic (exact) mass is 487 g/mol. The molecule has 0 spiro atoms. The highest BCUT2D eigenvalue weighted by atomic mass is 35.5. The number of amides is 2. The number of hydrogen-bond acceptors (Lipinski definition) is 4. The normalized spacial score (nSPS) is 15.2. The Morgan fingerprint density at radius 1 is 1.09 bits per heavy atom. The molecule has 2 aromatic carbocycles. The lowest BCUT2D eigenvalue weighted by atomic mass is 9.84. The van der Waals surface area contributed by atoms with Gasteiger partial charge in [0, 0.05) is 65.1 Å². The molecule has 0 saturated carbocycles. The van der Waals surface area contributed by atoms with Gasteiger partial charge in [-0.2, -0.15) is 0 Å². The number of carbonyl (C=O) groups is 1. The third-order valence-electron chi connectivity index (χ3n) is 6.97. The molecule has 3 heterocycles. The van der Waals surface area contributed by atoms with Gasteiger partial charge in [0.1, 0.15) is 0 Å². The summed E-state index contributed by atoms with van der Waals surface area (Å²) in [5, 5.41) is 3.60. The summed E-state index contributed by atoms with van der Waals surface area (Å²) in [5.41, 5.74) is 12.7. The van der Waals surface area contributed by atoms with Crippen LogP contribution in [0, 0.1) is 0 Å². The number of benzene rings is 2. The number of fused-ring (bicyclic) bond motifs is 1. The van der Waals surface area contributed by atoms with Gasteiger partial charge in [-0.15, -0.1) is 0 Å². The Labute approximate surface area is 211 Å².